The van der Waals surface area contributed by atoms with Crippen LogP contribution in [0.25, 0.3) is 0 Å². The van der Waals surface area contributed by atoms with Crippen molar-refractivity contribution in [1.82, 2.24) is 0 Å². The zero-order valence-electron chi connectivity index (χ0n) is 9.99. The maximum atomic E-state index is 11.4. The van der Waals surface area contributed by atoms with Crippen molar-refractivity contribution in [3.8, 4) is 6.07 Å². The Balaban J connectivity index is 3.05. The molecular formula is C13H15NO2S. The number of carbonyl (C=O) groups excluding carboxylic acids is 1. The second-order valence-electron chi connectivity index (χ2n) is 3.59. The molecule has 90 valence electrons. The van der Waals surface area contributed by atoms with Crippen molar-refractivity contribution in [1.29, 1.82) is 5.26 Å². The molecule has 0 saturated heterocycles. The standard InChI is InChI=1S/C13H15NO2S/c1-3-9-5-10(7-13(15)16-4-2)11(8-14)6-12(9)17/h5-6,17H,3-4,7H2,1-2H3. The Bertz CT molecular complexity index is 463. The van der Waals surface area contributed by atoms with Crippen LogP contribution in [0, 0.1) is 11.3 Å². The Morgan fingerprint density at radius 2 is 2.12 bits per heavy atom. The lowest BCUT2D eigenvalue weighted by Crippen LogP contribution is -2.09. The zero-order valence-corrected chi connectivity index (χ0v) is 10.9. The number of hydrogen-bond acceptors (Lipinski definition) is 4. The van der Waals surface area contributed by atoms with Crippen LogP contribution >= 0.6 is 12.6 Å². The smallest absolute Gasteiger partial charge is 0.310 e. The van der Waals surface area contributed by atoms with Gasteiger partial charge in [0.05, 0.1) is 24.7 Å². The highest BCUT2D eigenvalue weighted by molar-refractivity contribution is 7.80. The zero-order chi connectivity index (χ0) is 12.8. The lowest BCUT2D eigenvalue weighted by molar-refractivity contribution is -0.142. The molecule has 1 rings (SSSR count). The third kappa shape index (κ3) is 3.50. The first-order valence-electron chi connectivity index (χ1n) is 5.52. The fourth-order valence-electron chi connectivity index (χ4n) is 1.59. The molecule has 0 fully saturated rings. The summed E-state index contributed by atoms with van der Waals surface area (Å²) in [6.45, 7) is 4.12. The van der Waals surface area contributed by atoms with Gasteiger partial charge in [-0.3, -0.25) is 4.79 Å². The molecule has 4 heteroatoms. The summed E-state index contributed by atoms with van der Waals surface area (Å²) in [6, 6.07) is 5.64. The van der Waals surface area contributed by atoms with Crippen LogP contribution in [0.2, 0.25) is 0 Å². The minimum absolute atomic E-state index is 0.137. The molecule has 17 heavy (non-hydrogen) atoms. The van der Waals surface area contributed by atoms with Crippen LogP contribution in [0.5, 0.6) is 0 Å². The molecule has 0 aliphatic rings. The van der Waals surface area contributed by atoms with Crippen molar-refractivity contribution >= 4 is 18.6 Å². The Labute approximate surface area is 107 Å². The summed E-state index contributed by atoms with van der Waals surface area (Å²) in [5, 5.41) is 9.01. The summed E-state index contributed by atoms with van der Waals surface area (Å²) >= 11 is 4.31. The van der Waals surface area contributed by atoms with E-state index in [2.05, 4.69) is 18.7 Å². The molecule has 1 aromatic carbocycles. The minimum atomic E-state index is -0.307. The average Bonchev–Trinajstić information content (AvgIpc) is 2.31. The van der Waals surface area contributed by atoms with Crippen molar-refractivity contribution in [2.24, 2.45) is 0 Å². The number of thiol groups is 1. The first kappa shape index (κ1) is 13.6. The molecule has 0 aliphatic carbocycles. The SMILES string of the molecule is CCOC(=O)Cc1cc(CC)c(S)cc1C#N. The minimum Gasteiger partial charge on any atom is -0.466 e. The molecule has 0 N–H and O–H groups in total. The van der Waals surface area contributed by atoms with E-state index in [0.29, 0.717) is 17.7 Å². The highest BCUT2D eigenvalue weighted by Crippen LogP contribution is 2.21. The number of ether oxygens (including phenoxy) is 1. The summed E-state index contributed by atoms with van der Waals surface area (Å²) in [4.78, 5) is 12.2. The van der Waals surface area contributed by atoms with Crippen LogP contribution in [-0.2, 0) is 22.4 Å². The number of rotatable bonds is 4. The van der Waals surface area contributed by atoms with E-state index in [0.717, 1.165) is 16.9 Å². The lowest BCUT2D eigenvalue weighted by Gasteiger charge is -2.08. The summed E-state index contributed by atoms with van der Waals surface area (Å²) in [5.74, 6) is -0.307. The predicted molar refractivity (Wildman–Crippen MR) is 68.1 cm³/mol. The number of nitriles is 1. The topological polar surface area (TPSA) is 50.1 Å². The number of hydrogen-bond donors (Lipinski definition) is 1. The molecular weight excluding hydrogens is 234 g/mol. The Morgan fingerprint density at radius 1 is 1.41 bits per heavy atom. The predicted octanol–water partition coefficient (Wildman–Crippen LogP) is 2.51. The second kappa shape index (κ2) is 6.31. The lowest BCUT2D eigenvalue weighted by atomic mass is 10.0. The molecule has 3 nitrogen and oxygen atoms in total. The van der Waals surface area contributed by atoms with Crippen LogP contribution in [0.15, 0.2) is 17.0 Å². The molecule has 0 saturated carbocycles. The van der Waals surface area contributed by atoms with Gasteiger partial charge in [0.2, 0.25) is 0 Å². The Hall–Kier alpha value is -1.47. The summed E-state index contributed by atoms with van der Waals surface area (Å²) < 4.78 is 4.88. The first-order valence-corrected chi connectivity index (χ1v) is 5.97. The van der Waals surface area contributed by atoms with Crippen molar-refractivity contribution in [3.05, 3.63) is 28.8 Å². The highest BCUT2D eigenvalue weighted by atomic mass is 32.1. The van der Waals surface area contributed by atoms with Crippen LogP contribution in [0.1, 0.15) is 30.5 Å². The van der Waals surface area contributed by atoms with Gasteiger partial charge < -0.3 is 4.74 Å². The maximum Gasteiger partial charge on any atom is 0.310 e. The molecule has 1 aromatic rings. The van der Waals surface area contributed by atoms with Gasteiger partial charge >= 0.3 is 5.97 Å². The molecule has 0 aliphatic heterocycles. The number of carbonyl (C=O) groups is 1. The van der Waals surface area contributed by atoms with Gasteiger partial charge in [-0.2, -0.15) is 5.26 Å². The van der Waals surface area contributed by atoms with Crippen LogP contribution < -0.4 is 0 Å². The van der Waals surface area contributed by atoms with Crippen molar-refractivity contribution in [2.75, 3.05) is 6.61 Å². The number of benzene rings is 1. The molecule has 0 heterocycles. The van der Waals surface area contributed by atoms with Gasteiger partial charge in [-0.25, -0.2) is 0 Å². The Morgan fingerprint density at radius 3 is 2.65 bits per heavy atom. The second-order valence-corrected chi connectivity index (χ2v) is 4.07. The quantitative estimate of drug-likeness (QED) is 0.659. The summed E-state index contributed by atoms with van der Waals surface area (Å²) in [5.41, 5.74) is 2.23. The largest absolute Gasteiger partial charge is 0.466 e. The molecule has 0 unspecified atom stereocenters. The van der Waals surface area contributed by atoms with Crippen molar-refractivity contribution in [2.45, 2.75) is 31.6 Å². The molecule has 0 atom stereocenters. The first-order chi connectivity index (χ1) is 8.12. The van der Waals surface area contributed by atoms with Gasteiger partial charge in [-0.05, 0) is 30.5 Å². The molecule has 0 amide bonds. The molecule has 0 aromatic heterocycles. The average molecular weight is 249 g/mol. The number of aryl methyl sites for hydroxylation is 1. The summed E-state index contributed by atoms with van der Waals surface area (Å²) in [6.07, 6.45) is 0.957. The van der Waals surface area contributed by atoms with Crippen LogP contribution in [0.4, 0.5) is 0 Å². The normalized spacial score (nSPS) is 9.76. The van der Waals surface area contributed by atoms with E-state index in [1.807, 2.05) is 13.0 Å². The van der Waals surface area contributed by atoms with Crippen molar-refractivity contribution in [3.63, 3.8) is 0 Å². The van der Waals surface area contributed by atoms with E-state index >= 15 is 0 Å². The van der Waals surface area contributed by atoms with E-state index in [1.165, 1.54) is 0 Å². The van der Waals surface area contributed by atoms with Gasteiger partial charge in [0.25, 0.3) is 0 Å². The van der Waals surface area contributed by atoms with Crippen LogP contribution in [-0.4, -0.2) is 12.6 Å². The van der Waals surface area contributed by atoms with Gasteiger partial charge in [-0.15, -0.1) is 12.6 Å². The van der Waals surface area contributed by atoms with Crippen LogP contribution in [0.3, 0.4) is 0 Å². The number of esters is 1. The maximum absolute atomic E-state index is 11.4. The Kier molecular flexibility index (Phi) is 5.05. The molecule has 0 radical (unpaired) electrons. The van der Waals surface area contributed by atoms with Gasteiger partial charge in [0.1, 0.15) is 0 Å². The van der Waals surface area contributed by atoms with Gasteiger partial charge in [0.15, 0.2) is 0 Å². The van der Waals surface area contributed by atoms with E-state index in [1.54, 1.807) is 13.0 Å². The third-order valence-electron chi connectivity index (χ3n) is 2.45. The van der Waals surface area contributed by atoms with E-state index in [4.69, 9.17) is 10.00 Å². The van der Waals surface area contributed by atoms with E-state index in [-0.39, 0.29) is 12.4 Å². The molecule has 0 bridgehead atoms. The summed E-state index contributed by atoms with van der Waals surface area (Å²) in [7, 11) is 0. The van der Waals surface area contributed by atoms with Crippen molar-refractivity contribution < 1.29 is 9.53 Å². The van der Waals surface area contributed by atoms with Gasteiger partial charge in [-0.1, -0.05) is 13.0 Å². The highest BCUT2D eigenvalue weighted by Gasteiger charge is 2.11. The molecule has 0 spiro atoms. The third-order valence-corrected chi connectivity index (χ3v) is 2.86. The van der Waals surface area contributed by atoms with E-state index in [9.17, 15) is 4.79 Å². The number of nitrogens with zero attached hydrogens (tertiary/aromatic N) is 1. The fraction of sp³-hybridized carbons (Fsp3) is 0.385. The van der Waals surface area contributed by atoms with Gasteiger partial charge in [0, 0.05) is 4.90 Å². The monoisotopic (exact) mass is 249 g/mol. The van der Waals surface area contributed by atoms with E-state index < -0.39 is 0 Å². The fourth-order valence-corrected chi connectivity index (χ4v) is 1.94.